The van der Waals surface area contributed by atoms with Crippen LogP contribution >= 0.6 is 0 Å². The van der Waals surface area contributed by atoms with E-state index in [2.05, 4.69) is 10.3 Å². The van der Waals surface area contributed by atoms with Crippen LogP contribution in [0.4, 0.5) is 0 Å². The Bertz CT molecular complexity index is 895. The molecule has 0 unspecified atom stereocenters. The van der Waals surface area contributed by atoms with Gasteiger partial charge in [0.1, 0.15) is 11.4 Å². The lowest BCUT2D eigenvalue weighted by Crippen LogP contribution is -2.20. The van der Waals surface area contributed by atoms with E-state index in [-0.39, 0.29) is 5.91 Å². The van der Waals surface area contributed by atoms with Crippen molar-refractivity contribution in [1.82, 2.24) is 14.7 Å². The molecule has 25 heavy (non-hydrogen) atoms. The molecule has 0 aliphatic heterocycles. The SMILES string of the molecule is CCOc1ccc(/C=C/C(=O)NCc2cn3cccc(C)c3n2)cc1. The quantitative estimate of drug-likeness (QED) is 0.703. The Morgan fingerprint density at radius 1 is 1.28 bits per heavy atom. The molecule has 0 atom stereocenters. The average Bonchev–Trinajstić information content (AvgIpc) is 3.04. The summed E-state index contributed by atoms with van der Waals surface area (Å²) in [5, 5.41) is 2.86. The Hall–Kier alpha value is -3.08. The van der Waals surface area contributed by atoms with Gasteiger partial charge in [0.2, 0.25) is 5.91 Å². The number of aromatic nitrogens is 2. The van der Waals surface area contributed by atoms with Crippen LogP contribution in [-0.2, 0) is 11.3 Å². The fourth-order valence-electron chi connectivity index (χ4n) is 2.54. The highest BCUT2D eigenvalue weighted by atomic mass is 16.5. The van der Waals surface area contributed by atoms with Gasteiger partial charge in [0.25, 0.3) is 0 Å². The molecule has 128 valence electrons. The van der Waals surface area contributed by atoms with E-state index in [1.165, 1.54) is 6.08 Å². The van der Waals surface area contributed by atoms with Crippen molar-refractivity contribution in [3.8, 4) is 5.75 Å². The number of hydrogen-bond acceptors (Lipinski definition) is 3. The van der Waals surface area contributed by atoms with E-state index in [1.54, 1.807) is 6.08 Å². The van der Waals surface area contributed by atoms with Crippen molar-refractivity contribution in [3.05, 3.63) is 71.7 Å². The van der Waals surface area contributed by atoms with E-state index in [1.807, 2.05) is 67.0 Å². The highest BCUT2D eigenvalue weighted by Gasteiger charge is 2.04. The molecular weight excluding hydrogens is 314 g/mol. The Labute approximate surface area is 147 Å². The van der Waals surface area contributed by atoms with Crippen LogP contribution in [0.3, 0.4) is 0 Å². The molecule has 0 aliphatic carbocycles. The fraction of sp³-hybridized carbons (Fsp3) is 0.200. The minimum atomic E-state index is -0.150. The first-order valence-corrected chi connectivity index (χ1v) is 8.27. The summed E-state index contributed by atoms with van der Waals surface area (Å²) >= 11 is 0. The second-order valence-corrected chi connectivity index (χ2v) is 5.71. The molecule has 1 N–H and O–H groups in total. The van der Waals surface area contributed by atoms with E-state index in [4.69, 9.17) is 4.74 Å². The van der Waals surface area contributed by atoms with Crippen molar-refractivity contribution in [2.45, 2.75) is 20.4 Å². The van der Waals surface area contributed by atoms with Crippen LogP contribution in [0.15, 0.2) is 54.9 Å². The largest absolute Gasteiger partial charge is 0.494 e. The number of pyridine rings is 1. The summed E-state index contributed by atoms with van der Waals surface area (Å²) in [6.07, 6.45) is 7.18. The summed E-state index contributed by atoms with van der Waals surface area (Å²) in [6, 6.07) is 11.6. The van der Waals surface area contributed by atoms with E-state index >= 15 is 0 Å². The number of nitrogens with one attached hydrogen (secondary N) is 1. The van der Waals surface area contributed by atoms with Crippen molar-refractivity contribution in [3.63, 3.8) is 0 Å². The number of nitrogens with zero attached hydrogens (tertiary/aromatic N) is 2. The Kier molecular flexibility index (Phi) is 5.14. The monoisotopic (exact) mass is 335 g/mol. The van der Waals surface area contributed by atoms with Crippen LogP contribution in [0.1, 0.15) is 23.7 Å². The number of carbonyl (C=O) groups is 1. The third-order valence-corrected chi connectivity index (χ3v) is 3.79. The summed E-state index contributed by atoms with van der Waals surface area (Å²) in [5.41, 5.74) is 3.80. The first-order chi connectivity index (χ1) is 12.2. The Morgan fingerprint density at radius 2 is 2.08 bits per heavy atom. The normalized spacial score (nSPS) is 11.1. The summed E-state index contributed by atoms with van der Waals surface area (Å²) in [7, 11) is 0. The maximum Gasteiger partial charge on any atom is 0.244 e. The van der Waals surface area contributed by atoms with Gasteiger partial charge in [-0.1, -0.05) is 18.2 Å². The van der Waals surface area contributed by atoms with E-state index in [0.29, 0.717) is 13.2 Å². The minimum Gasteiger partial charge on any atom is -0.494 e. The number of amides is 1. The molecule has 0 spiro atoms. The first kappa shape index (κ1) is 16.8. The van der Waals surface area contributed by atoms with E-state index < -0.39 is 0 Å². The molecule has 2 heterocycles. The molecule has 1 amide bonds. The first-order valence-electron chi connectivity index (χ1n) is 8.27. The summed E-state index contributed by atoms with van der Waals surface area (Å²) in [4.78, 5) is 16.5. The lowest BCUT2D eigenvalue weighted by atomic mass is 10.2. The third kappa shape index (κ3) is 4.26. The van der Waals surface area contributed by atoms with Crippen molar-refractivity contribution >= 4 is 17.6 Å². The van der Waals surface area contributed by atoms with Crippen molar-refractivity contribution in [2.75, 3.05) is 6.61 Å². The van der Waals surface area contributed by atoms with Crippen LogP contribution in [0.5, 0.6) is 5.75 Å². The average molecular weight is 335 g/mol. The fourth-order valence-corrected chi connectivity index (χ4v) is 2.54. The van der Waals surface area contributed by atoms with Gasteiger partial charge in [-0.2, -0.15) is 0 Å². The second-order valence-electron chi connectivity index (χ2n) is 5.71. The highest BCUT2D eigenvalue weighted by molar-refractivity contribution is 5.91. The number of ether oxygens (including phenoxy) is 1. The Morgan fingerprint density at radius 3 is 2.80 bits per heavy atom. The van der Waals surface area contributed by atoms with Gasteiger partial charge in [-0.25, -0.2) is 4.98 Å². The van der Waals surface area contributed by atoms with Crippen molar-refractivity contribution < 1.29 is 9.53 Å². The zero-order valence-electron chi connectivity index (χ0n) is 14.4. The molecule has 5 heteroatoms. The number of imidazole rings is 1. The van der Waals surface area contributed by atoms with Crippen molar-refractivity contribution in [1.29, 1.82) is 0 Å². The number of benzene rings is 1. The lowest BCUT2D eigenvalue weighted by molar-refractivity contribution is -0.116. The molecule has 3 aromatic rings. The zero-order valence-corrected chi connectivity index (χ0v) is 14.4. The maximum atomic E-state index is 12.0. The molecule has 0 aliphatic rings. The zero-order chi connectivity index (χ0) is 17.6. The summed E-state index contributed by atoms with van der Waals surface area (Å²) in [6.45, 7) is 5.00. The number of rotatable bonds is 6. The van der Waals surface area contributed by atoms with Crippen LogP contribution in [-0.4, -0.2) is 21.9 Å². The predicted octanol–water partition coefficient (Wildman–Crippen LogP) is 3.37. The summed E-state index contributed by atoms with van der Waals surface area (Å²) in [5.74, 6) is 0.675. The van der Waals surface area contributed by atoms with Gasteiger partial charge in [-0.3, -0.25) is 4.79 Å². The molecule has 5 nitrogen and oxygen atoms in total. The molecule has 0 bridgehead atoms. The van der Waals surface area contributed by atoms with Gasteiger partial charge in [-0.15, -0.1) is 0 Å². The number of aryl methyl sites for hydroxylation is 1. The standard InChI is InChI=1S/C20H21N3O2/c1-3-25-18-9-6-16(7-10-18)8-11-19(24)21-13-17-14-23-12-4-5-15(2)20(23)22-17/h4-12,14H,3,13H2,1-2H3,(H,21,24)/b11-8+. The molecular formula is C20H21N3O2. The van der Waals surface area contributed by atoms with Gasteiger partial charge >= 0.3 is 0 Å². The van der Waals surface area contributed by atoms with E-state index in [0.717, 1.165) is 28.2 Å². The van der Waals surface area contributed by atoms with Crippen LogP contribution in [0.2, 0.25) is 0 Å². The van der Waals surface area contributed by atoms with E-state index in [9.17, 15) is 4.79 Å². The molecule has 0 saturated heterocycles. The minimum absolute atomic E-state index is 0.150. The van der Waals surface area contributed by atoms with Gasteiger partial charge in [0, 0.05) is 18.5 Å². The predicted molar refractivity (Wildman–Crippen MR) is 98.4 cm³/mol. The van der Waals surface area contributed by atoms with Gasteiger partial charge in [0.15, 0.2) is 0 Å². The number of carbonyl (C=O) groups excluding carboxylic acids is 1. The third-order valence-electron chi connectivity index (χ3n) is 3.79. The van der Waals surface area contributed by atoms with Gasteiger partial charge in [-0.05, 0) is 49.2 Å². The molecule has 3 rings (SSSR count). The van der Waals surface area contributed by atoms with Crippen LogP contribution in [0, 0.1) is 6.92 Å². The number of hydrogen-bond donors (Lipinski definition) is 1. The molecule has 0 fully saturated rings. The number of fused-ring (bicyclic) bond motifs is 1. The smallest absolute Gasteiger partial charge is 0.244 e. The van der Waals surface area contributed by atoms with Gasteiger partial charge in [0.05, 0.1) is 18.8 Å². The highest BCUT2D eigenvalue weighted by Crippen LogP contribution is 2.13. The van der Waals surface area contributed by atoms with Crippen molar-refractivity contribution in [2.24, 2.45) is 0 Å². The molecule has 0 saturated carbocycles. The second kappa shape index (κ2) is 7.66. The summed E-state index contributed by atoms with van der Waals surface area (Å²) < 4.78 is 7.36. The lowest BCUT2D eigenvalue weighted by Gasteiger charge is -2.02. The maximum absolute atomic E-state index is 12.0. The molecule has 1 aromatic carbocycles. The molecule has 2 aromatic heterocycles. The molecule has 0 radical (unpaired) electrons. The topological polar surface area (TPSA) is 55.6 Å². The van der Waals surface area contributed by atoms with Crippen LogP contribution in [0.25, 0.3) is 11.7 Å². The van der Waals surface area contributed by atoms with Crippen LogP contribution < -0.4 is 10.1 Å². The van der Waals surface area contributed by atoms with Gasteiger partial charge < -0.3 is 14.5 Å². The Balaban J connectivity index is 1.57.